The number of aryl methyl sites for hydroxylation is 2. The third kappa shape index (κ3) is 3.86. The Labute approximate surface area is 207 Å². The Morgan fingerprint density at radius 2 is 1.63 bits per heavy atom. The lowest BCUT2D eigenvalue weighted by atomic mass is 9.87. The van der Waals surface area contributed by atoms with Gasteiger partial charge in [-0.25, -0.2) is 4.98 Å². The smallest absolute Gasteiger partial charge is 0.241 e. The van der Waals surface area contributed by atoms with Gasteiger partial charge in [-0.05, 0) is 55.3 Å². The maximum absolute atomic E-state index is 14.5. The Morgan fingerprint density at radius 1 is 0.943 bits per heavy atom. The van der Waals surface area contributed by atoms with Gasteiger partial charge in [-0.1, -0.05) is 59.9 Å². The number of benzene rings is 3. The Balaban J connectivity index is 1.51. The van der Waals surface area contributed by atoms with Crippen LogP contribution in [0.4, 0.5) is 5.13 Å². The van der Waals surface area contributed by atoms with Crippen molar-refractivity contribution in [1.82, 2.24) is 9.97 Å². The van der Waals surface area contributed by atoms with Crippen LogP contribution in [-0.4, -0.2) is 15.9 Å². The highest BCUT2D eigenvalue weighted by Gasteiger charge is 2.36. The molecule has 3 heterocycles. The minimum Gasteiger partial charge on any atom is -0.457 e. The molecule has 5 aromatic rings. The summed E-state index contributed by atoms with van der Waals surface area (Å²) in [5.74, 6) is 0.859. The molecule has 1 aliphatic heterocycles. The molecule has 172 valence electrons. The highest BCUT2D eigenvalue weighted by molar-refractivity contribution is 7.22. The van der Waals surface area contributed by atoms with Crippen LogP contribution in [-0.2, 0) is 11.3 Å². The molecule has 1 amide bonds. The molecular weight excluding hydrogens is 454 g/mol. The van der Waals surface area contributed by atoms with E-state index in [0.717, 1.165) is 32.6 Å². The second-order valence-corrected chi connectivity index (χ2v) is 9.79. The van der Waals surface area contributed by atoms with Crippen LogP contribution < -0.4 is 9.64 Å². The summed E-state index contributed by atoms with van der Waals surface area (Å²) in [5.41, 5.74) is 5.74. The Bertz CT molecular complexity index is 1520. The molecule has 35 heavy (non-hydrogen) atoms. The molecule has 0 saturated heterocycles. The van der Waals surface area contributed by atoms with E-state index in [0.29, 0.717) is 23.2 Å². The summed E-state index contributed by atoms with van der Waals surface area (Å²) in [4.78, 5) is 25.7. The molecule has 0 bridgehead atoms. The van der Waals surface area contributed by atoms with Gasteiger partial charge in [-0.3, -0.25) is 14.7 Å². The lowest BCUT2D eigenvalue weighted by Crippen LogP contribution is -2.36. The van der Waals surface area contributed by atoms with Gasteiger partial charge in [0.25, 0.3) is 0 Å². The summed E-state index contributed by atoms with van der Waals surface area (Å²) in [6.07, 6.45) is 1.75. The predicted molar refractivity (Wildman–Crippen MR) is 139 cm³/mol. The molecule has 0 unspecified atom stereocenters. The quantitative estimate of drug-likeness (QED) is 0.286. The number of pyridine rings is 1. The number of hydrogen-bond donors (Lipinski definition) is 0. The van der Waals surface area contributed by atoms with E-state index in [-0.39, 0.29) is 5.91 Å². The third-order valence-electron chi connectivity index (χ3n) is 6.29. The fraction of sp³-hybridized carbons (Fsp3) is 0.138. The number of para-hydroxylation sites is 2. The van der Waals surface area contributed by atoms with E-state index in [1.165, 1.54) is 5.56 Å². The third-order valence-corrected chi connectivity index (χ3v) is 7.31. The molecule has 0 saturated carbocycles. The van der Waals surface area contributed by atoms with Crippen molar-refractivity contribution in [2.45, 2.75) is 26.3 Å². The summed E-state index contributed by atoms with van der Waals surface area (Å²) in [6, 6.07) is 25.5. The monoisotopic (exact) mass is 477 g/mol. The Morgan fingerprint density at radius 3 is 2.31 bits per heavy atom. The summed E-state index contributed by atoms with van der Waals surface area (Å²) in [5, 5.41) is 0.672. The highest BCUT2D eigenvalue weighted by Crippen LogP contribution is 2.45. The fourth-order valence-electron chi connectivity index (χ4n) is 4.70. The van der Waals surface area contributed by atoms with Crippen LogP contribution in [0, 0.1) is 13.8 Å². The van der Waals surface area contributed by atoms with Gasteiger partial charge >= 0.3 is 0 Å². The zero-order chi connectivity index (χ0) is 23.9. The second-order valence-electron chi connectivity index (χ2n) is 8.78. The molecule has 6 rings (SSSR count). The molecule has 3 aromatic carbocycles. The molecule has 2 aromatic heterocycles. The Kier molecular flexibility index (Phi) is 5.30. The van der Waals surface area contributed by atoms with Crippen molar-refractivity contribution in [2.75, 3.05) is 4.90 Å². The van der Waals surface area contributed by atoms with Crippen molar-refractivity contribution in [1.29, 1.82) is 0 Å². The van der Waals surface area contributed by atoms with Crippen molar-refractivity contribution >= 4 is 32.6 Å². The van der Waals surface area contributed by atoms with Gasteiger partial charge < -0.3 is 4.74 Å². The first-order chi connectivity index (χ1) is 17.1. The van der Waals surface area contributed by atoms with Crippen LogP contribution in [0.25, 0.3) is 10.2 Å². The van der Waals surface area contributed by atoms with E-state index in [4.69, 9.17) is 9.72 Å². The lowest BCUT2D eigenvalue weighted by molar-refractivity contribution is -0.119. The zero-order valence-corrected chi connectivity index (χ0v) is 20.3. The number of carbonyl (C=O) groups excluding carboxylic acids is 1. The number of amides is 1. The van der Waals surface area contributed by atoms with Crippen molar-refractivity contribution in [3.8, 4) is 11.5 Å². The van der Waals surface area contributed by atoms with Gasteiger partial charge in [0.2, 0.25) is 5.91 Å². The first-order valence-corrected chi connectivity index (χ1v) is 12.3. The van der Waals surface area contributed by atoms with E-state index in [1.54, 1.807) is 22.4 Å². The molecule has 0 radical (unpaired) electrons. The number of ether oxygens (including phenoxy) is 1. The van der Waals surface area contributed by atoms with Crippen molar-refractivity contribution in [3.05, 3.63) is 113 Å². The normalized spacial score (nSPS) is 12.6. The first-order valence-electron chi connectivity index (χ1n) is 11.5. The second kappa shape index (κ2) is 8.64. The van der Waals surface area contributed by atoms with Crippen LogP contribution >= 0.6 is 11.3 Å². The van der Waals surface area contributed by atoms with E-state index in [1.807, 2.05) is 66.7 Å². The van der Waals surface area contributed by atoms with Crippen LogP contribution in [0.2, 0.25) is 0 Å². The number of hydrogen-bond acceptors (Lipinski definition) is 5. The molecular formula is C29H23N3O2S. The lowest BCUT2D eigenvalue weighted by Gasteiger charge is -2.31. The number of aromatic nitrogens is 2. The maximum atomic E-state index is 14.5. The minimum atomic E-state index is -0.505. The van der Waals surface area contributed by atoms with Gasteiger partial charge in [0.15, 0.2) is 5.13 Å². The van der Waals surface area contributed by atoms with Gasteiger partial charge in [0, 0.05) is 17.3 Å². The molecule has 0 aliphatic carbocycles. The van der Waals surface area contributed by atoms with Gasteiger partial charge in [0.1, 0.15) is 11.5 Å². The van der Waals surface area contributed by atoms with Gasteiger partial charge in [-0.15, -0.1) is 0 Å². The van der Waals surface area contributed by atoms with E-state index in [2.05, 4.69) is 31.0 Å². The molecule has 5 nitrogen and oxygen atoms in total. The van der Waals surface area contributed by atoms with E-state index >= 15 is 0 Å². The molecule has 0 N–H and O–H groups in total. The number of rotatable bonds is 4. The van der Waals surface area contributed by atoms with Crippen LogP contribution in [0.15, 0.2) is 85.1 Å². The van der Waals surface area contributed by atoms with Crippen LogP contribution in [0.5, 0.6) is 11.5 Å². The molecule has 1 aliphatic rings. The SMILES string of the molecule is Cc1cc(C)c2nc(N(Cc3ccccn3)C(=O)C3c4ccccc4Oc4ccccc43)sc2c1. The minimum absolute atomic E-state index is 0.0488. The molecule has 0 atom stereocenters. The van der Waals surface area contributed by atoms with E-state index in [9.17, 15) is 4.79 Å². The van der Waals surface area contributed by atoms with E-state index < -0.39 is 5.92 Å². The molecule has 0 fully saturated rings. The molecule has 6 heteroatoms. The number of nitrogens with zero attached hydrogens (tertiary/aromatic N) is 3. The summed E-state index contributed by atoms with van der Waals surface area (Å²) in [6.45, 7) is 4.48. The van der Waals surface area contributed by atoms with Crippen molar-refractivity contribution < 1.29 is 9.53 Å². The standard InChI is InChI=1S/C29H23N3O2S/c1-18-15-19(2)27-25(16-18)35-29(31-27)32(17-20-9-7-8-14-30-20)28(33)26-21-10-3-5-12-23(21)34-24-13-6-4-11-22(24)26/h3-16,26H,17H2,1-2H3. The molecule has 0 spiro atoms. The number of fused-ring (bicyclic) bond motifs is 3. The zero-order valence-electron chi connectivity index (χ0n) is 19.4. The highest BCUT2D eigenvalue weighted by atomic mass is 32.1. The Hall–Kier alpha value is -4.03. The van der Waals surface area contributed by atoms with Crippen molar-refractivity contribution in [2.24, 2.45) is 0 Å². The fourth-order valence-corrected chi connectivity index (χ4v) is 5.85. The average molecular weight is 478 g/mol. The van der Waals surface area contributed by atoms with Gasteiger partial charge in [-0.2, -0.15) is 0 Å². The summed E-state index contributed by atoms with van der Waals surface area (Å²) >= 11 is 1.54. The number of anilines is 1. The van der Waals surface area contributed by atoms with Crippen LogP contribution in [0.1, 0.15) is 33.9 Å². The summed E-state index contributed by atoms with van der Waals surface area (Å²) < 4.78 is 7.22. The topological polar surface area (TPSA) is 55.3 Å². The largest absolute Gasteiger partial charge is 0.457 e. The predicted octanol–water partition coefficient (Wildman–Crippen LogP) is 6.78. The first kappa shape index (κ1) is 21.5. The average Bonchev–Trinajstić information content (AvgIpc) is 3.30. The van der Waals surface area contributed by atoms with Gasteiger partial charge in [0.05, 0.1) is 28.4 Å². The van der Waals surface area contributed by atoms with Crippen LogP contribution in [0.3, 0.4) is 0 Å². The maximum Gasteiger partial charge on any atom is 0.241 e. The number of carbonyl (C=O) groups is 1. The summed E-state index contributed by atoms with van der Waals surface area (Å²) in [7, 11) is 0. The van der Waals surface area contributed by atoms with Crippen molar-refractivity contribution in [3.63, 3.8) is 0 Å². The number of thiazole rings is 1.